The van der Waals surface area contributed by atoms with Crippen molar-refractivity contribution in [2.24, 2.45) is 0 Å². The lowest BCUT2D eigenvalue weighted by molar-refractivity contribution is 0.112. The van der Waals surface area contributed by atoms with E-state index in [1.54, 1.807) is 25.3 Å². The van der Waals surface area contributed by atoms with Crippen molar-refractivity contribution in [3.05, 3.63) is 32.7 Å². The minimum Gasteiger partial charge on any atom is -0.494 e. The molecular formula is C13H14Br2O3. The summed E-state index contributed by atoms with van der Waals surface area (Å²) in [7, 11) is 1.55. The van der Waals surface area contributed by atoms with Crippen LogP contribution in [-0.2, 0) is 4.74 Å². The molecule has 0 saturated heterocycles. The van der Waals surface area contributed by atoms with Crippen LogP contribution in [0.2, 0.25) is 0 Å². The third kappa shape index (κ3) is 3.85. The third-order valence-corrected chi connectivity index (χ3v) is 2.97. The van der Waals surface area contributed by atoms with Crippen molar-refractivity contribution in [2.45, 2.75) is 13.3 Å². The Kier molecular flexibility index (Phi) is 6.43. The van der Waals surface area contributed by atoms with Crippen LogP contribution in [0.1, 0.15) is 29.3 Å². The second-order valence-electron chi connectivity index (χ2n) is 3.51. The number of rotatable bonds is 6. The molecule has 0 N–H and O–H groups in total. The summed E-state index contributed by atoms with van der Waals surface area (Å²) < 4.78 is 11.5. The summed E-state index contributed by atoms with van der Waals surface area (Å²) in [6.45, 7) is 2.68. The highest BCUT2D eigenvalue weighted by atomic mass is 79.9. The lowest BCUT2D eigenvalue weighted by atomic mass is 10.1. The number of ether oxygens (including phenoxy) is 2. The first kappa shape index (κ1) is 15.2. The average Bonchev–Trinajstić information content (AvgIpc) is 2.37. The van der Waals surface area contributed by atoms with Crippen LogP contribution in [-0.4, -0.2) is 20.0 Å². The maximum atomic E-state index is 11.0. The van der Waals surface area contributed by atoms with Gasteiger partial charge in [0, 0.05) is 11.1 Å². The van der Waals surface area contributed by atoms with Crippen molar-refractivity contribution in [3.63, 3.8) is 0 Å². The van der Waals surface area contributed by atoms with E-state index in [-0.39, 0.29) is 0 Å². The lowest BCUT2D eigenvalue weighted by Gasteiger charge is -2.12. The van der Waals surface area contributed by atoms with Crippen LogP contribution in [0, 0.1) is 0 Å². The Balaban J connectivity index is 3.21. The number of carbonyl (C=O) groups is 1. The van der Waals surface area contributed by atoms with Crippen molar-refractivity contribution in [1.29, 1.82) is 0 Å². The van der Waals surface area contributed by atoms with E-state index in [2.05, 4.69) is 31.9 Å². The molecule has 0 unspecified atom stereocenters. The summed E-state index contributed by atoms with van der Waals surface area (Å²) in [5.41, 5.74) is 1.23. The molecule has 0 spiro atoms. The van der Waals surface area contributed by atoms with Crippen molar-refractivity contribution in [2.75, 3.05) is 13.7 Å². The van der Waals surface area contributed by atoms with Gasteiger partial charge in [0.05, 0.1) is 13.7 Å². The molecule has 1 aromatic rings. The number of hydrogen-bond acceptors (Lipinski definition) is 3. The second-order valence-corrected chi connectivity index (χ2v) is 6.16. The van der Waals surface area contributed by atoms with Gasteiger partial charge in [-0.3, -0.25) is 4.79 Å². The molecule has 0 saturated carbocycles. The van der Waals surface area contributed by atoms with Crippen molar-refractivity contribution in [3.8, 4) is 5.75 Å². The molecular weight excluding hydrogens is 364 g/mol. The van der Waals surface area contributed by atoms with Gasteiger partial charge in [0.25, 0.3) is 0 Å². The van der Waals surface area contributed by atoms with Gasteiger partial charge in [0.2, 0.25) is 0 Å². The minimum absolute atomic E-state index is 0.548. The van der Waals surface area contributed by atoms with E-state index in [9.17, 15) is 4.79 Å². The molecule has 1 rings (SSSR count). The van der Waals surface area contributed by atoms with E-state index < -0.39 is 0 Å². The normalized spacial score (nSPS) is 9.78. The molecule has 0 heterocycles. The van der Waals surface area contributed by atoms with Crippen molar-refractivity contribution in [1.82, 2.24) is 0 Å². The van der Waals surface area contributed by atoms with Crippen LogP contribution >= 0.6 is 31.9 Å². The predicted octanol–water partition coefficient (Wildman–Crippen LogP) is 4.35. The van der Waals surface area contributed by atoms with Crippen LogP contribution in [0.25, 0.3) is 5.76 Å². The standard InChI is InChI=1S/C13H14Br2O3/c1-3-6-18-10-5-4-9(8-16)11(7-10)12(17-2)13(14)15/h4-5,7-8H,3,6H2,1-2H3. The fraction of sp³-hybridized carbons (Fsp3) is 0.308. The number of aldehydes is 1. The van der Waals surface area contributed by atoms with Gasteiger partial charge in [-0.25, -0.2) is 0 Å². The Bertz CT molecular complexity index is 452. The molecule has 0 aliphatic heterocycles. The fourth-order valence-electron chi connectivity index (χ4n) is 1.43. The van der Waals surface area contributed by atoms with Gasteiger partial charge in [-0.1, -0.05) is 6.92 Å². The largest absolute Gasteiger partial charge is 0.494 e. The molecule has 0 radical (unpaired) electrons. The first-order valence-electron chi connectivity index (χ1n) is 5.45. The molecule has 5 heteroatoms. The molecule has 0 aliphatic carbocycles. The predicted molar refractivity (Wildman–Crippen MR) is 79.4 cm³/mol. The number of hydrogen-bond donors (Lipinski definition) is 0. The highest BCUT2D eigenvalue weighted by Crippen LogP contribution is 2.31. The van der Waals surface area contributed by atoms with Crippen LogP contribution in [0.15, 0.2) is 21.6 Å². The maximum Gasteiger partial charge on any atom is 0.150 e. The zero-order chi connectivity index (χ0) is 13.5. The van der Waals surface area contributed by atoms with Gasteiger partial charge in [0.15, 0.2) is 6.29 Å². The minimum atomic E-state index is 0.548. The Morgan fingerprint density at radius 1 is 1.39 bits per heavy atom. The van der Waals surface area contributed by atoms with Crippen LogP contribution in [0.3, 0.4) is 0 Å². The number of methoxy groups -OCH3 is 1. The molecule has 1 aromatic carbocycles. The molecule has 0 bridgehead atoms. The van der Waals surface area contributed by atoms with Crippen molar-refractivity contribution >= 4 is 43.9 Å². The van der Waals surface area contributed by atoms with E-state index in [4.69, 9.17) is 9.47 Å². The van der Waals surface area contributed by atoms with E-state index in [0.29, 0.717) is 32.6 Å². The van der Waals surface area contributed by atoms with E-state index >= 15 is 0 Å². The summed E-state index contributed by atoms with van der Waals surface area (Å²) in [5.74, 6) is 1.27. The molecule has 0 aromatic heterocycles. The SMILES string of the molecule is CCCOc1ccc(C=O)c(C(OC)=C(Br)Br)c1. The Morgan fingerprint density at radius 2 is 2.11 bits per heavy atom. The van der Waals surface area contributed by atoms with Crippen molar-refractivity contribution < 1.29 is 14.3 Å². The number of benzene rings is 1. The average molecular weight is 378 g/mol. The highest BCUT2D eigenvalue weighted by molar-refractivity contribution is 9.28. The van der Waals surface area contributed by atoms with Gasteiger partial charge in [0.1, 0.15) is 14.9 Å². The lowest BCUT2D eigenvalue weighted by Crippen LogP contribution is -1.99. The molecule has 0 atom stereocenters. The number of carbonyl (C=O) groups excluding carboxylic acids is 1. The van der Waals surface area contributed by atoms with E-state index in [1.807, 2.05) is 6.92 Å². The zero-order valence-corrected chi connectivity index (χ0v) is 13.4. The highest BCUT2D eigenvalue weighted by Gasteiger charge is 2.12. The summed E-state index contributed by atoms with van der Waals surface area (Å²) in [5, 5.41) is 0. The quantitative estimate of drug-likeness (QED) is 0.546. The molecule has 0 aliphatic rings. The first-order valence-corrected chi connectivity index (χ1v) is 7.04. The maximum absolute atomic E-state index is 11.0. The van der Waals surface area contributed by atoms with Crippen LogP contribution in [0.5, 0.6) is 5.75 Å². The van der Waals surface area contributed by atoms with Gasteiger partial charge in [-0.05, 0) is 56.5 Å². The monoisotopic (exact) mass is 376 g/mol. The Morgan fingerprint density at radius 3 is 2.61 bits per heavy atom. The molecule has 18 heavy (non-hydrogen) atoms. The Hall–Kier alpha value is -0.810. The topological polar surface area (TPSA) is 35.5 Å². The molecule has 0 fully saturated rings. The second kappa shape index (κ2) is 7.59. The zero-order valence-electron chi connectivity index (χ0n) is 10.2. The number of halogens is 2. The fourth-order valence-corrected chi connectivity index (χ4v) is 2.18. The Labute approximate surface area is 123 Å². The van der Waals surface area contributed by atoms with Gasteiger partial charge < -0.3 is 9.47 Å². The summed E-state index contributed by atoms with van der Waals surface area (Å²) in [6.07, 6.45) is 1.72. The third-order valence-electron chi connectivity index (χ3n) is 2.24. The van der Waals surface area contributed by atoms with Gasteiger partial charge >= 0.3 is 0 Å². The van der Waals surface area contributed by atoms with Gasteiger partial charge in [-0.2, -0.15) is 0 Å². The molecule has 0 amide bonds. The first-order chi connectivity index (χ1) is 8.63. The van der Waals surface area contributed by atoms with Gasteiger partial charge in [-0.15, -0.1) is 0 Å². The van der Waals surface area contributed by atoms with Crippen LogP contribution in [0.4, 0.5) is 0 Å². The van der Waals surface area contributed by atoms with E-state index in [1.165, 1.54) is 0 Å². The summed E-state index contributed by atoms with van der Waals surface area (Å²) >= 11 is 6.59. The summed E-state index contributed by atoms with van der Waals surface area (Å²) in [6, 6.07) is 5.29. The van der Waals surface area contributed by atoms with Crippen LogP contribution < -0.4 is 4.74 Å². The molecule has 3 nitrogen and oxygen atoms in total. The smallest absolute Gasteiger partial charge is 0.150 e. The summed E-state index contributed by atoms with van der Waals surface area (Å²) in [4.78, 5) is 11.0. The molecule has 98 valence electrons. The van der Waals surface area contributed by atoms with E-state index in [0.717, 1.165) is 12.7 Å².